The van der Waals surface area contributed by atoms with E-state index in [1.807, 2.05) is 13.0 Å². The molecule has 24 heavy (non-hydrogen) atoms. The van der Waals surface area contributed by atoms with E-state index in [-0.39, 0.29) is 17.6 Å². The molecule has 2 aliphatic rings. The number of allylic oxidation sites excluding steroid dienone is 1. The van der Waals surface area contributed by atoms with Crippen molar-refractivity contribution in [3.05, 3.63) is 40.7 Å². The number of fused-ring (bicyclic) bond motifs is 1. The maximum atomic E-state index is 12.6. The number of nitrogens with one attached hydrogen (secondary N) is 2. The summed E-state index contributed by atoms with van der Waals surface area (Å²) < 4.78 is 62.3. The van der Waals surface area contributed by atoms with Crippen LogP contribution >= 0.6 is 0 Å². The van der Waals surface area contributed by atoms with Crippen LogP contribution < -0.4 is 10.2 Å². The molecule has 1 saturated heterocycles. The summed E-state index contributed by atoms with van der Waals surface area (Å²) in [4.78, 5) is 5.42. The fourth-order valence-electron chi connectivity index (χ4n) is 3.16. The maximum Gasteiger partial charge on any atom is 0.516 e. The first-order chi connectivity index (χ1) is 11.1. The lowest BCUT2D eigenvalue weighted by molar-refractivity contribution is -0.0429. The third-order valence-electron chi connectivity index (χ3n) is 4.39. The number of hydroxylamine groups is 1. The zero-order valence-corrected chi connectivity index (χ0v) is 13.9. The van der Waals surface area contributed by atoms with Crippen LogP contribution in [0.3, 0.4) is 0 Å². The van der Waals surface area contributed by atoms with Crippen LogP contribution in [0.4, 0.5) is 18.9 Å². The highest BCUT2D eigenvalue weighted by Crippen LogP contribution is 2.43. The zero-order valence-electron chi connectivity index (χ0n) is 13.1. The molecule has 0 bridgehead atoms. The third-order valence-corrected chi connectivity index (χ3v) is 5.49. The quantitative estimate of drug-likeness (QED) is 0.864. The van der Waals surface area contributed by atoms with Gasteiger partial charge in [0.2, 0.25) is 0 Å². The number of hydrogen-bond acceptors (Lipinski definition) is 4. The van der Waals surface area contributed by atoms with E-state index in [2.05, 4.69) is 5.48 Å². The highest BCUT2D eigenvalue weighted by Gasteiger charge is 2.46. The smallest absolute Gasteiger partial charge is 0.413 e. The standard InChI is InChI=1S/C15H17F3N2O3S/c1-8-6-9(2)12(20-24(21,22)15(16,17)18)7-11(8)14-10-4-3-5-13(10)23-19-14/h5-7,10,14,19-20H,3-4H2,1-2H3/t10-,14?/m0/s1. The normalized spacial score (nSPS) is 23.6. The second-order valence-electron chi connectivity index (χ2n) is 6.06. The Balaban J connectivity index is 1.97. The average Bonchev–Trinajstić information content (AvgIpc) is 3.03. The number of aryl methyl sites for hydroxylation is 2. The number of alkyl halides is 3. The molecule has 1 unspecified atom stereocenters. The van der Waals surface area contributed by atoms with Crippen molar-refractivity contribution in [2.75, 3.05) is 4.72 Å². The van der Waals surface area contributed by atoms with Gasteiger partial charge in [0.25, 0.3) is 0 Å². The molecule has 1 aliphatic carbocycles. The molecule has 3 rings (SSSR count). The first-order valence-corrected chi connectivity index (χ1v) is 8.91. The highest BCUT2D eigenvalue weighted by atomic mass is 32.2. The number of rotatable bonds is 3. The second kappa shape index (κ2) is 5.66. The Kier molecular flexibility index (Phi) is 4.03. The summed E-state index contributed by atoms with van der Waals surface area (Å²) in [7, 11) is -5.46. The number of benzene rings is 1. The molecule has 1 aromatic rings. The van der Waals surface area contributed by atoms with E-state index in [1.165, 1.54) is 6.07 Å². The molecule has 2 atom stereocenters. The third kappa shape index (κ3) is 2.86. The summed E-state index contributed by atoms with van der Waals surface area (Å²) in [5.74, 6) is 0.941. The minimum absolute atomic E-state index is 0.0786. The molecule has 0 aromatic heterocycles. The summed E-state index contributed by atoms with van der Waals surface area (Å²) in [6.07, 6.45) is 3.75. The van der Waals surface area contributed by atoms with Crippen LogP contribution in [-0.4, -0.2) is 13.9 Å². The second-order valence-corrected chi connectivity index (χ2v) is 7.74. The van der Waals surface area contributed by atoms with Crippen molar-refractivity contribution >= 4 is 15.7 Å². The van der Waals surface area contributed by atoms with Gasteiger partial charge in [-0.3, -0.25) is 4.72 Å². The minimum atomic E-state index is -5.46. The predicted molar refractivity (Wildman–Crippen MR) is 82.3 cm³/mol. The summed E-state index contributed by atoms with van der Waals surface area (Å²) in [5, 5.41) is 0. The van der Waals surface area contributed by atoms with Gasteiger partial charge in [0, 0.05) is 5.92 Å². The average molecular weight is 362 g/mol. The number of halogens is 3. The number of sulfonamides is 1. The molecule has 2 N–H and O–H groups in total. The van der Waals surface area contributed by atoms with E-state index in [0.29, 0.717) is 5.56 Å². The SMILES string of the molecule is Cc1cc(C)c(C2NOC3=CCC[C@@H]32)cc1NS(=O)(=O)C(F)(F)F. The van der Waals surface area contributed by atoms with Crippen LogP contribution in [0.1, 0.15) is 35.6 Å². The fourth-order valence-corrected chi connectivity index (χ4v) is 3.78. The minimum Gasteiger partial charge on any atom is -0.413 e. The van der Waals surface area contributed by atoms with Crippen LogP contribution in [0, 0.1) is 19.8 Å². The van der Waals surface area contributed by atoms with Crippen molar-refractivity contribution in [3.8, 4) is 0 Å². The number of hydrogen-bond donors (Lipinski definition) is 2. The van der Waals surface area contributed by atoms with E-state index in [1.54, 1.807) is 17.7 Å². The molecule has 0 amide bonds. The lowest BCUT2D eigenvalue weighted by Gasteiger charge is -2.20. The van der Waals surface area contributed by atoms with E-state index < -0.39 is 15.5 Å². The highest BCUT2D eigenvalue weighted by molar-refractivity contribution is 7.93. The van der Waals surface area contributed by atoms with Gasteiger partial charge in [-0.1, -0.05) is 6.07 Å². The molecule has 0 spiro atoms. The van der Waals surface area contributed by atoms with Gasteiger partial charge in [0.1, 0.15) is 5.76 Å². The van der Waals surface area contributed by atoms with Gasteiger partial charge in [-0.15, -0.1) is 5.48 Å². The summed E-state index contributed by atoms with van der Waals surface area (Å²) in [6, 6.07) is 2.91. The van der Waals surface area contributed by atoms with E-state index in [9.17, 15) is 21.6 Å². The molecular weight excluding hydrogens is 345 g/mol. The van der Waals surface area contributed by atoms with Crippen LogP contribution in [0.15, 0.2) is 24.0 Å². The van der Waals surface area contributed by atoms with Crippen molar-refractivity contribution in [2.45, 2.75) is 38.2 Å². The van der Waals surface area contributed by atoms with Gasteiger partial charge in [0.15, 0.2) is 0 Å². The monoisotopic (exact) mass is 362 g/mol. The molecule has 5 nitrogen and oxygen atoms in total. The Morgan fingerprint density at radius 1 is 1.25 bits per heavy atom. The van der Waals surface area contributed by atoms with Gasteiger partial charge in [-0.2, -0.15) is 21.6 Å². The number of anilines is 1. The Labute approximate surface area is 137 Å². The van der Waals surface area contributed by atoms with Crippen molar-refractivity contribution in [2.24, 2.45) is 5.92 Å². The summed E-state index contributed by atoms with van der Waals surface area (Å²) in [6.45, 7) is 3.40. The molecule has 1 aliphatic heterocycles. The largest absolute Gasteiger partial charge is 0.516 e. The molecule has 1 heterocycles. The van der Waals surface area contributed by atoms with Crippen molar-refractivity contribution in [1.29, 1.82) is 0 Å². The Morgan fingerprint density at radius 2 is 1.96 bits per heavy atom. The Hall–Kier alpha value is -1.74. The molecule has 0 radical (unpaired) electrons. The van der Waals surface area contributed by atoms with Crippen LogP contribution in [0.25, 0.3) is 0 Å². The first-order valence-electron chi connectivity index (χ1n) is 7.43. The van der Waals surface area contributed by atoms with Crippen molar-refractivity contribution < 1.29 is 26.4 Å². The van der Waals surface area contributed by atoms with Crippen LogP contribution in [0.5, 0.6) is 0 Å². The summed E-state index contributed by atoms with van der Waals surface area (Å²) >= 11 is 0. The predicted octanol–water partition coefficient (Wildman–Crippen LogP) is 3.43. The van der Waals surface area contributed by atoms with Gasteiger partial charge in [0.05, 0.1) is 11.7 Å². The molecule has 1 aromatic carbocycles. The van der Waals surface area contributed by atoms with Gasteiger partial charge < -0.3 is 4.84 Å². The zero-order chi connectivity index (χ0) is 17.7. The summed E-state index contributed by atoms with van der Waals surface area (Å²) in [5.41, 5.74) is -0.554. The Morgan fingerprint density at radius 3 is 2.62 bits per heavy atom. The van der Waals surface area contributed by atoms with E-state index >= 15 is 0 Å². The molecule has 1 fully saturated rings. The van der Waals surface area contributed by atoms with Gasteiger partial charge in [-0.25, -0.2) is 0 Å². The van der Waals surface area contributed by atoms with E-state index in [0.717, 1.165) is 29.7 Å². The molecule has 0 saturated carbocycles. The fraction of sp³-hybridized carbons (Fsp3) is 0.467. The van der Waals surface area contributed by atoms with E-state index in [4.69, 9.17) is 4.84 Å². The Bertz CT molecular complexity index is 803. The van der Waals surface area contributed by atoms with Gasteiger partial charge >= 0.3 is 15.5 Å². The molecule has 9 heteroatoms. The molecule has 132 valence electrons. The lowest BCUT2D eigenvalue weighted by atomic mass is 9.89. The van der Waals surface area contributed by atoms with Crippen LogP contribution in [-0.2, 0) is 14.9 Å². The van der Waals surface area contributed by atoms with Crippen molar-refractivity contribution in [3.63, 3.8) is 0 Å². The van der Waals surface area contributed by atoms with Gasteiger partial charge in [-0.05, 0) is 55.5 Å². The first kappa shape index (κ1) is 17.1. The van der Waals surface area contributed by atoms with Crippen molar-refractivity contribution in [1.82, 2.24) is 5.48 Å². The van der Waals surface area contributed by atoms with Crippen LogP contribution in [0.2, 0.25) is 0 Å². The maximum absolute atomic E-state index is 12.6. The lowest BCUT2D eigenvalue weighted by Crippen LogP contribution is -2.30. The topological polar surface area (TPSA) is 67.4 Å². The molecular formula is C15H17F3N2O3S.